The van der Waals surface area contributed by atoms with Crippen LogP contribution in [0.4, 0.5) is 0 Å². The fraction of sp³-hybridized carbons (Fsp3) is 0.556. The highest BCUT2D eigenvalue weighted by molar-refractivity contribution is 6.03. The second kappa shape index (κ2) is 4.70. The molecule has 0 atom stereocenters. The Morgan fingerprint density at radius 1 is 1.08 bits per heavy atom. The number of primary amides is 1. The highest BCUT2D eigenvalue weighted by Gasteiger charge is 2.12. The lowest BCUT2D eigenvalue weighted by molar-refractivity contribution is -0.116. The van der Waals surface area contributed by atoms with E-state index in [1.165, 1.54) is 6.92 Å². The first-order chi connectivity index (χ1) is 5.54. The first kappa shape index (κ1) is 10.9. The molecule has 0 aliphatic carbocycles. The molecule has 0 saturated heterocycles. The molecule has 0 spiro atoms. The number of carbonyl (C=O) groups excluding carboxylic acids is 2. The van der Waals surface area contributed by atoms with Crippen LogP contribution in [-0.2, 0) is 9.59 Å². The van der Waals surface area contributed by atoms with Gasteiger partial charge in [0.05, 0.1) is 0 Å². The van der Waals surface area contributed by atoms with Crippen LogP contribution >= 0.6 is 0 Å². The largest absolute Gasteiger partial charge is 0.366 e. The summed E-state index contributed by atoms with van der Waals surface area (Å²) in [5, 5.41) is 0. The summed E-state index contributed by atoms with van der Waals surface area (Å²) in [6, 6.07) is 0. The van der Waals surface area contributed by atoms with Crippen molar-refractivity contribution in [3.05, 3.63) is 11.1 Å². The number of ketones is 1. The zero-order valence-corrected chi connectivity index (χ0v) is 7.81. The van der Waals surface area contributed by atoms with Gasteiger partial charge in [-0.05, 0) is 19.8 Å². The van der Waals surface area contributed by atoms with E-state index < -0.39 is 5.91 Å². The third-order valence-electron chi connectivity index (χ3n) is 1.79. The predicted molar refractivity (Wildman–Crippen MR) is 47.5 cm³/mol. The van der Waals surface area contributed by atoms with Crippen LogP contribution in [-0.4, -0.2) is 11.7 Å². The normalized spacial score (nSPS) is 12.2. The summed E-state index contributed by atoms with van der Waals surface area (Å²) in [5.41, 5.74) is 6.14. The SMILES string of the molecule is CC/C(C(C)=O)=C(/CC)C(N)=O. The molecule has 0 aliphatic rings. The summed E-state index contributed by atoms with van der Waals surface area (Å²) in [5.74, 6) is -0.544. The molecule has 0 aromatic heterocycles. The Morgan fingerprint density at radius 2 is 1.50 bits per heavy atom. The third-order valence-corrected chi connectivity index (χ3v) is 1.79. The van der Waals surface area contributed by atoms with Gasteiger partial charge in [-0.2, -0.15) is 0 Å². The number of amides is 1. The summed E-state index contributed by atoms with van der Waals surface area (Å²) in [7, 11) is 0. The van der Waals surface area contributed by atoms with E-state index in [9.17, 15) is 9.59 Å². The zero-order valence-electron chi connectivity index (χ0n) is 7.81. The molecule has 3 heteroatoms. The Labute approximate surface area is 72.6 Å². The molecule has 0 aliphatic heterocycles. The first-order valence-electron chi connectivity index (χ1n) is 4.07. The number of hydrogen-bond acceptors (Lipinski definition) is 2. The zero-order chi connectivity index (χ0) is 9.72. The number of rotatable bonds is 4. The van der Waals surface area contributed by atoms with Crippen LogP contribution in [0.2, 0.25) is 0 Å². The molecule has 68 valence electrons. The van der Waals surface area contributed by atoms with E-state index in [2.05, 4.69) is 0 Å². The molecule has 3 nitrogen and oxygen atoms in total. The second-order valence-corrected chi connectivity index (χ2v) is 2.58. The Hall–Kier alpha value is -1.12. The molecule has 0 aromatic rings. The number of hydrogen-bond donors (Lipinski definition) is 1. The van der Waals surface area contributed by atoms with Gasteiger partial charge in [-0.3, -0.25) is 9.59 Å². The van der Waals surface area contributed by atoms with Gasteiger partial charge in [0.25, 0.3) is 0 Å². The van der Waals surface area contributed by atoms with Crippen LogP contribution in [0.5, 0.6) is 0 Å². The van der Waals surface area contributed by atoms with Crippen molar-refractivity contribution in [2.75, 3.05) is 0 Å². The molecule has 0 radical (unpaired) electrons. The summed E-state index contributed by atoms with van der Waals surface area (Å²) in [4.78, 5) is 21.9. The van der Waals surface area contributed by atoms with Gasteiger partial charge < -0.3 is 5.73 Å². The lowest BCUT2D eigenvalue weighted by Gasteiger charge is -2.05. The van der Waals surface area contributed by atoms with Crippen molar-refractivity contribution < 1.29 is 9.59 Å². The summed E-state index contributed by atoms with van der Waals surface area (Å²) >= 11 is 0. The Morgan fingerprint density at radius 3 is 1.58 bits per heavy atom. The fourth-order valence-corrected chi connectivity index (χ4v) is 1.21. The number of nitrogens with two attached hydrogens (primary N) is 1. The van der Waals surface area contributed by atoms with Crippen LogP contribution in [0, 0.1) is 0 Å². The molecule has 0 heterocycles. The highest BCUT2D eigenvalue weighted by Crippen LogP contribution is 2.12. The molecular weight excluding hydrogens is 154 g/mol. The number of Topliss-reactive ketones (excluding diaryl/α,β-unsaturated/α-hetero) is 1. The molecule has 12 heavy (non-hydrogen) atoms. The van der Waals surface area contributed by atoms with Crippen molar-refractivity contribution in [3.63, 3.8) is 0 Å². The van der Waals surface area contributed by atoms with E-state index in [4.69, 9.17) is 5.73 Å². The lowest BCUT2D eigenvalue weighted by atomic mass is 10.00. The highest BCUT2D eigenvalue weighted by atomic mass is 16.1. The average molecular weight is 169 g/mol. The van der Waals surface area contributed by atoms with Crippen LogP contribution < -0.4 is 5.73 Å². The van der Waals surface area contributed by atoms with Crippen LogP contribution in [0.25, 0.3) is 0 Å². The minimum absolute atomic E-state index is 0.0619. The fourth-order valence-electron chi connectivity index (χ4n) is 1.21. The Balaban J connectivity index is 5.01. The van der Waals surface area contributed by atoms with Gasteiger partial charge in [0.15, 0.2) is 5.78 Å². The smallest absolute Gasteiger partial charge is 0.245 e. The molecule has 1 amide bonds. The van der Waals surface area contributed by atoms with Crippen LogP contribution in [0.1, 0.15) is 33.6 Å². The number of carbonyl (C=O) groups is 2. The van der Waals surface area contributed by atoms with Crippen LogP contribution in [0.3, 0.4) is 0 Å². The Bertz CT molecular complexity index is 205. The van der Waals surface area contributed by atoms with Gasteiger partial charge in [0.2, 0.25) is 5.91 Å². The second-order valence-electron chi connectivity index (χ2n) is 2.58. The van der Waals surface area contributed by atoms with Gasteiger partial charge in [-0.1, -0.05) is 13.8 Å². The molecule has 2 N–H and O–H groups in total. The van der Waals surface area contributed by atoms with Gasteiger partial charge in [0, 0.05) is 11.1 Å². The summed E-state index contributed by atoms with van der Waals surface area (Å²) in [6.45, 7) is 5.12. The van der Waals surface area contributed by atoms with Gasteiger partial charge in [0.1, 0.15) is 0 Å². The van der Waals surface area contributed by atoms with E-state index in [0.717, 1.165) is 0 Å². The van der Waals surface area contributed by atoms with Crippen molar-refractivity contribution in [2.24, 2.45) is 5.73 Å². The van der Waals surface area contributed by atoms with E-state index in [1.54, 1.807) is 0 Å². The molecule has 0 unspecified atom stereocenters. The van der Waals surface area contributed by atoms with Crippen LogP contribution in [0.15, 0.2) is 11.1 Å². The molecule has 0 saturated carbocycles. The van der Waals surface area contributed by atoms with Crippen molar-refractivity contribution in [3.8, 4) is 0 Å². The maximum atomic E-state index is 11.0. The molecule has 0 fully saturated rings. The standard InChI is InChI=1S/C9H15NO2/c1-4-7(6(3)11)8(5-2)9(10)12/h4-5H2,1-3H3,(H2,10,12)/b8-7+. The summed E-state index contributed by atoms with van der Waals surface area (Å²) in [6.07, 6.45) is 1.10. The maximum Gasteiger partial charge on any atom is 0.245 e. The minimum Gasteiger partial charge on any atom is -0.366 e. The van der Waals surface area contributed by atoms with Crippen molar-refractivity contribution in [1.82, 2.24) is 0 Å². The molecule has 0 bridgehead atoms. The average Bonchev–Trinajstić information content (AvgIpc) is 1.98. The summed E-state index contributed by atoms with van der Waals surface area (Å²) < 4.78 is 0. The monoisotopic (exact) mass is 169 g/mol. The van der Waals surface area contributed by atoms with E-state index in [-0.39, 0.29) is 5.78 Å². The lowest BCUT2D eigenvalue weighted by Crippen LogP contribution is -2.17. The quantitative estimate of drug-likeness (QED) is 0.642. The van der Waals surface area contributed by atoms with E-state index in [1.807, 2.05) is 13.8 Å². The topological polar surface area (TPSA) is 60.2 Å². The Kier molecular flexibility index (Phi) is 4.26. The number of allylic oxidation sites excluding steroid dienone is 1. The van der Waals surface area contributed by atoms with Crippen molar-refractivity contribution in [2.45, 2.75) is 33.6 Å². The van der Waals surface area contributed by atoms with E-state index >= 15 is 0 Å². The molecule has 0 aromatic carbocycles. The van der Waals surface area contributed by atoms with Gasteiger partial charge >= 0.3 is 0 Å². The predicted octanol–water partition coefficient (Wildman–Crippen LogP) is 1.18. The molecule has 0 rings (SSSR count). The third kappa shape index (κ3) is 2.49. The van der Waals surface area contributed by atoms with E-state index in [0.29, 0.717) is 24.0 Å². The van der Waals surface area contributed by atoms with Gasteiger partial charge in [-0.15, -0.1) is 0 Å². The maximum absolute atomic E-state index is 11.0. The van der Waals surface area contributed by atoms with Crippen molar-refractivity contribution in [1.29, 1.82) is 0 Å². The van der Waals surface area contributed by atoms with Gasteiger partial charge in [-0.25, -0.2) is 0 Å². The van der Waals surface area contributed by atoms with Crippen molar-refractivity contribution >= 4 is 11.7 Å². The molecular formula is C9H15NO2. The minimum atomic E-state index is -0.482. The first-order valence-corrected chi connectivity index (χ1v) is 4.07.